The van der Waals surface area contributed by atoms with Gasteiger partial charge >= 0.3 is 0 Å². The first-order valence-electron chi connectivity index (χ1n) is 4.39. The molecule has 4 heteroatoms. The molecule has 0 fully saturated rings. The number of hydrogen-bond acceptors (Lipinski definition) is 1. The molecule has 0 saturated heterocycles. The molecule has 0 spiro atoms. The van der Waals surface area contributed by atoms with Crippen molar-refractivity contribution in [2.24, 2.45) is 0 Å². The molecule has 1 N–H and O–H groups in total. The summed E-state index contributed by atoms with van der Waals surface area (Å²) in [6.45, 7) is 3.92. The summed E-state index contributed by atoms with van der Waals surface area (Å²) in [5.74, 6) is 0. The van der Waals surface area contributed by atoms with Gasteiger partial charge < -0.3 is 5.32 Å². The first-order valence-corrected chi connectivity index (χ1v) is 5.15. The molecule has 0 aliphatic rings. The molecule has 0 aromatic heterocycles. The van der Waals surface area contributed by atoms with Gasteiger partial charge in [-0.2, -0.15) is 0 Å². The Kier molecular flexibility index (Phi) is 7.38. The minimum atomic E-state index is 0. The van der Waals surface area contributed by atoms with E-state index in [9.17, 15) is 0 Å². The topological polar surface area (TPSA) is 12.0 Å². The molecule has 0 aliphatic carbocycles. The third-order valence-corrected chi connectivity index (χ3v) is 2.63. The molecule has 1 nitrogen and oxygen atoms in total. The molecular weight excluding hydrogens is 240 g/mol. The number of halogens is 3. The van der Waals surface area contributed by atoms with Crippen LogP contribution in [0.4, 0.5) is 0 Å². The van der Waals surface area contributed by atoms with Gasteiger partial charge in [0.05, 0.1) is 10.0 Å². The van der Waals surface area contributed by atoms with Crippen LogP contribution in [0.3, 0.4) is 0 Å². The van der Waals surface area contributed by atoms with Gasteiger partial charge in [0.25, 0.3) is 0 Å². The van der Waals surface area contributed by atoms with Crippen molar-refractivity contribution in [2.75, 3.05) is 6.54 Å². The summed E-state index contributed by atoms with van der Waals surface area (Å²) in [6.07, 6.45) is 1.12. The van der Waals surface area contributed by atoms with Crippen LogP contribution in [0.15, 0.2) is 18.2 Å². The lowest BCUT2D eigenvalue weighted by atomic mass is 10.2. The summed E-state index contributed by atoms with van der Waals surface area (Å²) in [6, 6.07) is 5.70. The van der Waals surface area contributed by atoms with Crippen LogP contribution in [0.1, 0.15) is 18.9 Å². The third-order valence-electron chi connectivity index (χ3n) is 1.77. The third kappa shape index (κ3) is 4.05. The van der Waals surface area contributed by atoms with Crippen molar-refractivity contribution < 1.29 is 0 Å². The average Bonchev–Trinajstić information content (AvgIpc) is 2.13. The summed E-state index contributed by atoms with van der Waals surface area (Å²) in [5, 5.41) is 4.56. The van der Waals surface area contributed by atoms with Crippen molar-refractivity contribution in [3.05, 3.63) is 33.8 Å². The molecule has 0 radical (unpaired) electrons. The Morgan fingerprint density at radius 3 is 2.64 bits per heavy atom. The zero-order valence-corrected chi connectivity index (χ0v) is 10.3. The van der Waals surface area contributed by atoms with Crippen LogP contribution in [0.25, 0.3) is 0 Å². The Balaban J connectivity index is 0.00000169. The highest BCUT2D eigenvalue weighted by Crippen LogP contribution is 2.25. The first kappa shape index (κ1) is 14.1. The van der Waals surface area contributed by atoms with Gasteiger partial charge in [0.15, 0.2) is 0 Å². The average molecular weight is 255 g/mol. The second-order valence-electron chi connectivity index (χ2n) is 2.89. The fraction of sp³-hybridized carbons (Fsp3) is 0.400. The number of nitrogens with one attached hydrogen (secondary N) is 1. The predicted octanol–water partition coefficient (Wildman–Crippen LogP) is 3.91. The number of benzene rings is 1. The van der Waals surface area contributed by atoms with Crippen molar-refractivity contribution in [2.45, 2.75) is 19.9 Å². The van der Waals surface area contributed by atoms with Gasteiger partial charge in [0.2, 0.25) is 0 Å². The molecule has 0 atom stereocenters. The molecule has 14 heavy (non-hydrogen) atoms. The fourth-order valence-corrected chi connectivity index (χ4v) is 1.47. The second-order valence-corrected chi connectivity index (χ2v) is 3.67. The molecule has 0 aliphatic heterocycles. The summed E-state index contributed by atoms with van der Waals surface area (Å²) in [4.78, 5) is 0. The van der Waals surface area contributed by atoms with Crippen molar-refractivity contribution in [1.29, 1.82) is 0 Å². The van der Waals surface area contributed by atoms with E-state index in [4.69, 9.17) is 23.2 Å². The predicted molar refractivity (Wildman–Crippen MR) is 65.7 cm³/mol. The first-order chi connectivity index (χ1) is 6.25. The maximum absolute atomic E-state index is 6.00. The van der Waals surface area contributed by atoms with Crippen LogP contribution in [-0.4, -0.2) is 6.54 Å². The van der Waals surface area contributed by atoms with Crippen molar-refractivity contribution in [3.8, 4) is 0 Å². The van der Waals surface area contributed by atoms with E-state index in [2.05, 4.69) is 12.2 Å². The van der Waals surface area contributed by atoms with E-state index in [0.717, 1.165) is 25.1 Å². The van der Waals surface area contributed by atoms with E-state index in [1.807, 2.05) is 12.1 Å². The lowest BCUT2D eigenvalue weighted by Crippen LogP contribution is -2.13. The number of rotatable bonds is 4. The van der Waals surface area contributed by atoms with Gasteiger partial charge in [-0.25, -0.2) is 0 Å². The molecule has 1 aromatic rings. The van der Waals surface area contributed by atoms with Gasteiger partial charge in [0, 0.05) is 6.54 Å². The van der Waals surface area contributed by atoms with Crippen LogP contribution < -0.4 is 5.32 Å². The molecule has 0 heterocycles. The summed E-state index contributed by atoms with van der Waals surface area (Å²) in [7, 11) is 0. The lowest BCUT2D eigenvalue weighted by molar-refractivity contribution is 0.675. The van der Waals surface area contributed by atoms with Gasteiger partial charge in [-0.05, 0) is 24.6 Å². The minimum Gasteiger partial charge on any atom is -0.313 e. The molecule has 1 aromatic carbocycles. The van der Waals surface area contributed by atoms with Crippen LogP contribution >= 0.6 is 35.6 Å². The summed E-state index contributed by atoms with van der Waals surface area (Å²) >= 11 is 11.9. The highest BCUT2D eigenvalue weighted by Gasteiger charge is 2.02. The highest BCUT2D eigenvalue weighted by atomic mass is 35.5. The molecule has 0 unspecified atom stereocenters. The van der Waals surface area contributed by atoms with Crippen LogP contribution in [0, 0.1) is 0 Å². The van der Waals surface area contributed by atoms with Crippen molar-refractivity contribution in [1.82, 2.24) is 5.32 Å². The molecule has 0 saturated carbocycles. The van der Waals surface area contributed by atoms with E-state index in [1.165, 1.54) is 0 Å². The Morgan fingerprint density at radius 2 is 2.00 bits per heavy atom. The van der Waals surface area contributed by atoms with Crippen LogP contribution in [0.2, 0.25) is 10.0 Å². The SMILES string of the molecule is CCCNCc1cccc(Cl)c1Cl.Cl. The molecule has 1 rings (SSSR count). The Labute approximate surface area is 101 Å². The molecule has 80 valence electrons. The minimum absolute atomic E-state index is 0. The highest BCUT2D eigenvalue weighted by molar-refractivity contribution is 6.42. The van der Waals surface area contributed by atoms with Gasteiger partial charge in [-0.3, -0.25) is 0 Å². The quantitative estimate of drug-likeness (QED) is 0.803. The largest absolute Gasteiger partial charge is 0.313 e. The maximum Gasteiger partial charge on any atom is 0.0637 e. The van der Waals surface area contributed by atoms with Crippen LogP contribution in [0.5, 0.6) is 0 Å². The van der Waals surface area contributed by atoms with E-state index in [1.54, 1.807) is 6.07 Å². The molecule has 0 bridgehead atoms. The summed E-state index contributed by atoms with van der Waals surface area (Å²) < 4.78 is 0. The van der Waals surface area contributed by atoms with Crippen molar-refractivity contribution >= 4 is 35.6 Å². The summed E-state index contributed by atoms with van der Waals surface area (Å²) in [5.41, 5.74) is 1.06. The van der Waals surface area contributed by atoms with Gasteiger partial charge in [-0.1, -0.05) is 42.3 Å². The monoisotopic (exact) mass is 253 g/mol. The zero-order valence-electron chi connectivity index (χ0n) is 8.02. The molecular formula is C10H14Cl3N. The van der Waals surface area contributed by atoms with E-state index in [0.29, 0.717) is 10.0 Å². The van der Waals surface area contributed by atoms with E-state index in [-0.39, 0.29) is 12.4 Å². The molecule has 0 amide bonds. The Bertz CT molecular complexity index is 276. The van der Waals surface area contributed by atoms with Gasteiger partial charge in [-0.15, -0.1) is 12.4 Å². The van der Waals surface area contributed by atoms with E-state index < -0.39 is 0 Å². The Hall–Kier alpha value is 0.0500. The van der Waals surface area contributed by atoms with Crippen LogP contribution in [-0.2, 0) is 6.54 Å². The second kappa shape index (κ2) is 7.36. The smallest absolute Gasteiger partial charge is 0.0637 e. The lowest BCUT2D eigenvalue weighted by Gasteiger charge is -2.06. The maximum atomic E-state index is 6.00. The zero-order chi connectivity index (χ0) is 9.68. The van der Waals surface area contributed by atoms with Crippen molar-refractivity contribution in [3.63, 3.8) is 0 Å². The normalized spacial score (nSPS) is 9.64. The van der Waals surface area contributed by atoms with E-state index >= 15 is 0 Å². The van der Waals surface area contributed by atoms with Gasteiger partial charge in [0.1, 0.15) is 0 Å². The standard InChI is InChI=1S/C10H13Cl2N.ClH/c1-2-6-13-7-8-4-3-5-9(11)10(8)12;/h3-5,13H,2,6-7H2,1H3;1H. The number of hydrogen-bond donors (Lipinski definition) is 1. The fourth-order valence-electron chi connectivity index (χ4n) is 1.08. The Morgan fingerprint density at radius 1 is 1.29 bits per heavy atom.